The third-order valence-electron chi connectivity index (χ3n) is 2.15. The molecular weight excluding hydrogens is 337 g/mol. The molecule has 0 aliphatic carbocycles. The van der Waals surface area contributed by atoms with Crippen molar-refractivity contribution in [3.63, 3.8) is 0 Å². The predicted octanol–water partition coefficient (Wildman–Crippen LogP) is 2.23. The Labute approximate surface area is 120 Å². The van der Waals surface area contributed by atoms with E-state index in [1.807, 2.05) is 5.43 Å². The number of hydrogen-bond acceptors (Lipinski definition) is 5. The molecule has 100 valence electrons. The summed E-state index contributed by atoms with van der Waals surface area (Å²) in [6.07, 6.45) is 0. The second-order valence-corrected chi connectivity index (χ2v) is 5.25. The minimum absolute atomic E-state index is 0.0712. The Kier molecular flexibility index (Phi) is 4.46. The molecule has 0 saturated carbocycles. The third-order valence-corrected chi connectivity index (χ3v) is 3.53. The molecule has 1 amide bonds. The van der Waals surface area contributed by atoms with E-state index in [0.29, 0.717) is 10.2 Å². The maximum absolute atomic E-state index is 13.4. The van der Waals surface area contributed by atoms with Crippen molar-refractivity contribution in [2.75, 3.05) is 0 Å². The number of carbonyl (C=O) groups excluding carboxylic acids is 1. The molecule has 0 bridgehead atoms. The fourth-order valence-electron chi connectivity index (χ4n) is 1.28. The summed E-state index contributed by atoms with van der Waals surface area (Å²) in [7, 11) is 0. The van der Waals surface area contributed by atoms with Crippen LogP contribution < -0.4 is 16.0 Å². The van der Waals surface area contributed by atoms with Crippen molar-refractivity contribution < 1.29 is 13.9 Å². The molecule has 1 heterocycles. The van der Waals surface area contributed by atoms with Crippen LogP contribution in [0, 0.1) is 5.82 Å². The maximum atomic E-state index is 13.4. The quantitative estimate of drug-likeness (QED) is 0.506. The lowest BCUT2D eigenvalue weighted by Gasteiger charge is -2.05. The molecule has 2 rings (SSSR count). The highest BCUT2D eigenvalue weighted by molar-refractivity contribution is 9.10. The van der Waals surface area contributed by atoms with Gasteiger partial charge in [-0.25, -0.2) is 15.2 Å². The minimum Gasteiger partial charge on any atom is -0.484 e. The third kappa shape index (κ3) is 3.49. The number of hydrogen-bond donors (Lipinski definition) is 2. The van der Waals surface area contributed by atoms with Gasteiger partial charge in [-0.2, -0.15) is 0 Å². The highest BCUT2D eigenvalue weighted by Crippen LogP contribution is 2.23. The molecular formula is C11H9BrFN3O2S. The number of aromatic nitrogens is 1. The minimum atomic E-state index is -0.468. The summed E-state index contributed by atoms with van der Waals surface area (Å²) < 4.78 is 19.4. The normalized spacial score (nSPS) is 10.3. The summed E-state index contributed by atoms with van der Waals surface area (Å²) in [6, 6.07) is 4.40. The van der Waals surface area contributed by atoms with Crippen LogP contribution in [0.2, 0.25) is 0 Å². The number of nitrogens with one attached hydrogen (secondary N) is 1. The first kappa shape index (κ1) is 13.9. The van der Waals surface area contributed by atoms with Crippen molar-refractivity contribution in [1.82, 2.24) is 10.4 Å². The van der Waals surface area contributed by atoms with Crippen molar-refractivity contribution in [3.8, 4) is 5.75 Å². The number of amides is 1. The van der Waals surface area contributed by atoms with Crippen molar-refractivity contribution in [2.24, 2.45) is 5.84 Å². The molecule has 1 aromatic heterocycles. The zero-order valence-electron chi connectivity index (χ0n) is 9.52. The number of nitrogens with zero attached hydrogens (tertiary/aromatic N) is 1. The van der Waals surface area contributed by atoms with Crippen LogP contribution in [-0.4, -0.2) is 10.9 Å². The summed E-state index contributed by atoms with van der Waals surface area (Å²) in [5, 5.41) is 1.89. The number of ether oxygens (including phenoxy) is 1. The fraction of sp³-hybridized carbons (Fsp3) is 0.0909. The average Bonchev–Trinajstić information content (AvgIpc) is 2.88. The second kappa shape index (κ2) is 6.09. The van der Waals surface area contributed by atoms with Gasteiger partial charge in [-0.05, 0) is 18.2 Å². The number of nitrogen functional groups attached to an aromatic ring is 1. The van der Waals surface area contributed by atoms with Crippen molar-refractivity contribution in [1.29, 1.82) is 0 Å². The van der Waals surface area contributed by atoms with E-state index in [1.54, 1.807) is 11.4 Å². The number of halogens is 2. The predicted molar refractivity (Wildman–Crippen MR) is 72.2 cm³/mol. The van der Waals surface area contributed by atoms with Crippen molar-refractivity contribution in [2.45, 2.75) is 6.61 Å². The van der Waals surface area contributed by atoms with E-state index in [9.17, 15) is 9.18 Å². The maximum Gasteiger partial charge on any atom is 0.294 e. The molecule has 1 aromatic carbocycles. The Morgan fingerprint density at radius 2 is 2.37 bits per heavy atom. The summed E-state index contributed by atoms with van der Waals surface area (Å²) in [4.78, 5) is 15.2. The molecule has 0 saturated heterocycles. The summed E-state index contributed by atoms with van der Waals surface area (Å²) >= 11 is 4.37. The Morgan fingerprint density at radius 3 is 3.11 bits per heavy atom. The Hall–Kier alpha value is -1.51. The lowest BCUT2D eigenvalue weighted by molar-refractivity contribution is 0.0953. The molecule has 8 heteroatoms. The molecule has 0 aliphatic rings. The summed E-state index contributed by atoms with van der Waals surface area (Å²) in [5.41, 5.74) is 2.52. The highest BCUT2D eigenvalue weighted by Gasteiger charge is 2.11. The molecule has 0 aliphatic heterocycles. The topological polar surface area (TPSA) is 77.2 Å². The Morgan fingerprint density at radius 1 is 1.58 bits per heavy atom. The van der Waals surface area contributed by atoms with E-state index in [1.165, 1.54) is 12.1 Å². The first-order chi connectivity index (χ1) is 9.10. The molecule has 0 radical (unpaired) electrons. The van der Waals surface area contributed by atoms with E-state index in [4.69, 9.17) is 10.6 Å². The van der Waals surface area contributed by atoms with Gasteiger partial charge in [0.05, 0.1) is 5.69 Å². The van der Waals surface area contributed by atoms with E-state index in [-0.39, 0.29) is 17.4 Å². The molecule has 0 atom stereocenters. The van der Waals surface area contributed by atoms with Gasteiger partial charge in [0.1, 0.15) is 6.61 Å². The first-order valence-electron chi connectivity index (χ1n) is 5.13. The number of rotatable bonds is 4. The molecule has 0 unspecified atom stereocenters. The molecule has 5 nitrogen and oxygen atoms in total. The number of benzene rings is 1. The SMILES string of the molecule is NNC(=O)c1nc(COc2cc(Br)ccc2F)cs1. The van der Waals surface area contributed by atoms with Gasteiger partial charge in [0.15, 0.2) is 16.6 Å². The van der Waals surface area contributed by atoms with Crippen LogP contribution in [0.25, 0.3) is 0 Å². The average molecular weight is 346 g/mol. The zero-order valence-corrected chi connectivity index (χ0v) is 11.9. The van der Waals surface area contributed by atoms with Gasteiger partial charge in [0.25, 0.3) is 5.91 Å². The van der Waals surface area contributed by atoms with Crippen LogP contribution in [0.15, 0.2) is 28.1 Å². The summed E-state index contributed by atoms with van der Waals surface area (Å²) in [5.74, 6) is 4.19. The Balaban J connectivity index is 2.04. The molecule has 2 aromatic rings. The number of thiazole rings is 1. The zero-order chi connectivity index (χ0) is 13.8. The van der Waals surface area contributed by atoms with Gasteiger partial charge in [0.2, 0.25) is 0 Å². The number of hydrazine groups is 1. The first-order valence-corrected chi connectivity index (χ1v) is 6.80. The molecule has 0 spiro atoms. The van der Waals surface area contributed by atoms with Gasteiger partial charge in [0, 0.05) is 9.85 Å². The van der Waals surface area contributed by atoms with Crippen LogP contribution in [-0.2, 0) is 6.61 Å². The second-order valence-electron chi connectivity index (χ2n) is 3.48. The van der Waals surface area contributed by atoms with E-state index < -0.39 is 11.7 Å². The smallest absolute Gasteiger partial charge is 0.294 e. The van der Waals surface area contributed by atoms with Crippen molar-refractivity contribution >= 4 is 33.2 Å². The number of carbonyl (C=O) groups is 1. The van der Waals surface area contributed by atoms with Crippen LogP contribution in [0.3, 0.4) is 0 Å². The van der Waals surface area contributed by atoms with Gasteiger partial charge in [-0.15, -0.1) is 11.3 Å². The fourth-order valence-corrected chi connectivity index (χ4v) is 2.32. The van der Waals surface area contributed by atoms with Crippen LogP contribution in [0.5, 0.6) is 5.75 Å². The van der Waals surface area contributed by atoms with E-state index in [0.717, 1.165) is 11.3 Å². The standard InChI is InChI=1S/C11H9BrFN3O2S/c12-6-1-2-8(13)9(3-6)18-4-7-5-19-11(15-7)10(17)16-14/h1-3,5H,4,14H2,(H,16,17). The van der Waals surface area contributed by atoms with Crippen LogP contribution >= 0.6 is 27.3 Å². The lowest BCUT2D eigenvalue weighted by Crippen LogP contribution is -2.29. The monoisotopic (exact) mass is 345 g/mol. The van der Waals surface area contributed by atoms with E-state index >= 15 is 0 Å². The van der Waals surface area contributed by atoms with Crippen LogP contribution in [0.4, 0.5) is 4.39 Å². The number of nitrogens with two attached hydrogens (primary N) is 1. The van der Waals surface area contributed by atoms with Crippen LogP contribution in [0.1, 0.15) is 15.5 Å². The molecule has 3 N–H and O–H groups in total. The molecule has 19 heavy (non-hydrogen) atoms. The van der Waals surface area contributed by atoms with Crippen molar-refractivity contribution in [3.05, 3.63) is 44.6 Å². The van der Waals surface area contributed by atoms with E-state index in [2.05, 4.69) is 20.9 Å². The lowest BCUT2D eigenvalue weighted by atomic mass is 10.3. The van der Waals surface area contributed by atoms with Gasteiger partial charge < -0.3 is 4.74 Å². The highest BCUT2D eigenvalue weighted by atomic mass is 79.9. The van der Waals surface area contributed by atoms with Gasteiger partial charge in [-0.1, -0.05) is 15.9 Å². The largest absolute Gasteiger partial charge is 0.484 e. The van der Waals surface area contributed by atoms with Gasteiger partial charge >= 0.3 is 0 Å². The van der Waals surface area contributed by atoms with Gasteiger partial charge in [-0.3, -0.25) is 10.2 Å². The summed E-state index contributed by atoms with van der Waals surface area (Å²) in [6.45, 7) is 0.0712. The Bertz CT molecular complexity index is 605. The molecule has 0 fully saturated rings.